The highest BCUT2D eigenvalue weighted by Crippen LogP contribution is 2.56. The fourth-order valence-corrected chi connectivity index (χ4v) is 2.44. The van der Waals surface area contributed by atoms with Crippen LogP contribution < -0.4 is 0 Å². The Bertz CT molecular complexity index is 468. The minimum Gasteiger partial charge on any atom is -0.481 e. The van der Waals surface area contributed by atoms with Crippen LogP contribution >= 0.6 is 0 Å². The third-order valence-corrected chi connectivity index (χ3v) is 3.57. The molecule has 0 aliphatic heterocycles. The summed E-state index contributed by atoms with van der Waals surface area (Å²) in [5.74, 6) is -0.695. The van der Waals surface area contributed by atoms with Crippen molar-refractivity contribution in [3.8, 4) is 0 Å². The van der Waals surface area contributed by atoms with Gasteiger partial charge < -0.3 is 5.11 Å². The zero-order valence-electron chi connectivity index (χ0n) is 9.42. The maximum atomic E-state index is 11.3. The number of non-ortho nitro benzene ring substituents is 1. The van der Waals surface area contributed by atoms with Gasteiger partial charge >= 0.3 is 5.97 Å². The van der Waals surface area contributed by atoms with E-state index < -0.39 is 16.3 Å². The molecule has 0 spiro atoms. The van der Waals surface area contributed by atoms with Crippen LogP contribution in [0.5, 0.6) is 0 Å². The van der Waals surface area contributed by atoms with Gasteiger partial charge in [-0.2, -0.15) is 0 Å². The van der Waals surface area contributed by atoms with Crippen LogP contribution in [0.2, 0.25) is 0 Å². The van der Waals surface area contributed by atoms with Crippen LogP contribution in [0.25, 0.3) is 0 Å². The van der Waals surface area contributed by atoms with Crippen LogP contribution in [0, 0.1) is 16.0 Å². The second-order valence-electron chi connectivity index (χ2n) is 4.39. The molecule has 1 fully saturated rings. The van der Waals surface area contributed by atoms with Crippen LogP contribution in [0.4, 0.5) is 5.69 Å². The van der Waals surface area contributed by atoms with E-state index in [4.69, 9.17) is 0 Å². The molecule has 1 aromatic rings. The number of benzene rings is 1. The van der Waals surface area contributed by atoms with Gasteiger partial charge in [-0.05, 0) is 17.9 Å². The SMILES string of the molecule is CCC1CC1(C(=O)O)c1ccc([N+](=O)[O-])cc1. The number of nitro groups is 1. The Morgan fingerprint density at radius 3 is 2.47 bits per heavy atom. The number of rotatable bonds is 4. The highest BCUT2D eigenvalue weighted by molar-refractivity contribution is 5.85. The van der Waals surface area contributed by atoms with Gasteiger partial charge in [0.25, 0.3) is 5.69 Å². The topological polar surface area (TPSA) is 80.4 Å². The normalized spacial score (nSPS) is 26.5. The van der Waals surface area contributed by atoms with Crippen molar-refractivity contribution in [1.82, 2.24) is 0 Å². The summed E-state index contributed by atoms with van der Waals surface area (Å²) in [4.78, 5) is 21.4. The van der Waals surface area contributed by atoms with Crippen LogP contribution in [0.1, 0.15) is 25.3 Å². The third-order valence-electron chi connectivity index (χ3n) is 3.57. The number of carbonyl (C=O) groups is 1. The van der Waals surface area contributed by atoms with E-state index in [1.807, 2.05) is 6.92 Å². The van der Waals surface area contributed by atoms with Gasteiger partial charge in [0.1, 0.15) is 0 Å². The lowest BCUT2D eigenvalue weighted by Crippen LogP contribution is -2.22. The molecule has 0 heterocycles. The first-order valence-corrected chi connectivity index (χ1v) is 5.50. The monoisotopic (exact) mass is 235 g/mol. The number of carboxylic acid groups (broad SMARTS) is 1. The van der Waals surface area contributed by atoms with Gasteiger partial charge in [0, 0.05) is 12.1 Å². The predicted molar refractivity (Wildman–Crippen MR) is 60.8 cm³/mol. The molecule has 1 N–H and O–H groups in total. The molecule has 0 amide bonds. The van der Waals surface area contributed by atoms with Crippen molar-refractivity contribution < 1.29 is 14.8 Å². The number of hydrogen-bond donors (Lipinski definition) is 1. The number of nitrogens with zero attached hydrogens (tertiary/aromatic N) is 1. The second-order valence-corrected chi connectivity index (χ2v) is 4.39. The summed E-state index contributed by atoms with van der Waals surface area (Å²) in [5, 5.41) is 19.8. The highest BCUT2D eigenvalue weighted by Gasteiger charge is 2.60. The van der Waals surface area contributed by atoms with Crippen molar-refractivity contribution in [1.29, 1.82) is 0 Å². The molecule has 1 saturated carbocycles. The Balaban J connectivity index is 2.34. The number of carboxylic acids is 1. The Labute approximate surface area is 98.2 Å². The third kappa shape index (κ3) is 1.67. The van der Waals surface area contributed by atoms with Crippen molar-refractivity contribution in [2.75, 3.05) is 0 Å². The molecule has 0 radical (unpaired) electrons. The molecule has 17 heavy (non-hydrogen) atoms. The summed E-state index contributed by atoms with van der Waals surface area (Å²) in [7, 11) is 0. The fourth-order valence-electron chi connectivity index (χ4n) is 2.44. The molecular formula is C12H13NO4. The van der Waals surface area contributed by atoms with Gasteiger partial charge in [0.15, 0.2) is 0 Å². The van der Waals surface area contributed by atoms with Crippen molar-refractivity contribution in [2.24, 2.45) is 5.92 Å². The predicted octanol–water partition coefficient (Wildman–Crippen LogP) is 2.35. The largest absolute Gasteiger partial charge is 0.481 e. The van der Waals surface area contributed by atoms with Crippen molar-refractivity contribution >= 4 is 11.7 Å². The van der Waals surface area contributed by atoms with E-state index in [-0.39, 0.29) is 11.6 Å². The molecule has 1 aliphatic rings. The van der Waals surface area contributed by atoms with Crippen molar-refractivity contribution in [3.63, 3.8) is 0 Å². The Kier molecular flexibility index (Phi) is 2.61. The van der Waals surface area contributed by atoms with Gasteiger partial charge in [-0.1, -0.05) is 25.5 Å². The molecule has 1 aliphatic carbocycles. The van der Waals surface area contributed by atoms with E-state index in [0.29, 0.717) is 12.0 Å². The van der Waals surface area contributed by atoms with Crippen LogP contribution in [-0.2, 0) is 10.2 Å². The Morgan fingerprint density at radius 2 is 2.12 bits per heavy atom. The van der Waals surface area contributed by atoms with E-state index in [0.717, 1.165) is 6.42 Å². The van der Waals surface area contributed by atoms with E-state index in [2.05, 4.69) is 0 Å². The van der Waals surface area contributed by atoms with Crippen LogP contribution in [0.15, 0.2) is 24.3 Å². The number of aliphatic carboxylic acids is 1. The summed E-state index contributed by atoms with van der Waals surface area (Å²) < 4.78 is 0. The Morgan fingerprint density at radius 1 is 1.53 bits per heavy atom. The molecule has 2 rings (SSSR count). The van der Waals surface area contributed by atoms with Gasteiger partial charge in [0.2, 0.25) is 0 Å². The van der Waals surface area contributed by atoms with Gasteiger partial charge in [0.05, 0.1) is 10.3 Å². The molecule has 5 heteroatoms. The maximum absolute atomic E-state index is 11.3. The lowest BCUT2D eigenvalue weighted by molar-refractivity contribution is -0.384. The minimum absolute atomic E-state index is 0.0111. The second kappa shape index (κ2) is 3.84. The average Bonchev–Trinajstić information content (AvgIpc) is 3.05. The van der Waals surface area contributed by atoms with Crippen molar-refractivity contribution in [2.45, 2.75) is 25.2 Å². The first-order valence-electron chi connectivity index (χ1n) is 5.50. The average molecular weight is 235 g/mol. The molecule has 2 atom stereocenters. The van der Waals surface area contributed by atoms with E-state index in [1.165, 1.54) is 12.1 Å². The first kappa shape index (κ1) is 11.6. The zero-order chi connectivity index (χ0) is 12.6. The molecule has 0 saturated heterocycles. The smallest absolute Gasteiger partial charge is 0.314 e. The molecule has 90 valence electrons. The highest BCUT2D eigenvalue weighted by atomic mass is 16.6. The minimum atomic E-state index is -0.835. The number of hydrogen-bond acceptors (Lipinski definition) is 3. The van der Waals surface area contributed by atoms with Crippen LogP contribution in [0.3, 0.4) is 0 Å². The summed E-state index contributed by atoms with van der Waals surface area (Å²) in [6.07, 6.45) is 1.43. The summed E-state index contributed by atoms with van der Waals surface area (Å²) in [6, 6.07) is 5.85. The lowest BCUT2D eigenvalue weighted by Gasteiger charge is -2.11. The summed E-state index contributed by atoms with van der Waals surface area (Å²) in [5.41, 5.74) is -0.158. The van der Waals surface area contributed by atoms with Gasteiger partial charge in [-0.3, -0.25) is 14.9 Å². The standard InChI is InChI=1S/C12H13NO4/c1-2-8-7-12(8,11(14)15)9-3-5-10(6-4-9)13(16)17/h3-6,8H,2,7H2,1H3,(H,14,15). The van der Waals surface area contributed by atoms with E-state index in [1.54, 1.807) is 12.1 Å². The molecular weight excluding hydrogens is 222 g/mol. The quantitative estimate of drug-likeness (QED) is 0.641. The molecule has 0 aromatic heterocycles. The Hall–Kier alpha value is -1.91. The molecule has 1 aromatic carbocycles. The van der Waals surface area contributed by atoms with E-state index >= 15 is 0 Å². The molecule has 0 bridgehead atoms. The van der Waals surface area contributed by atoms with E-state index in [9.17, 15) is 20.0 Å². The van der Waals surface area contributed by atoms with Crippen LogP contribution in [-0.4, -0.2) is 16.0 Å². The molecule has 2 unspecified atom stereocenters. The molecule has 5 nitrogen and oxygen atoms in total. The summed E-state index contributed by atoms with van der Waals surface area (Å²) in [6.45, 7) is 1.96. The van der Waals surface area contributed by atoms with Crippen molar-refractivity contribution in [3.05, 3.63) is 39.9 Å². The first-order chi connectivity index (χ1) is 8.02. The fraction of sp³-hybridized carbons (Fsp3) is 0.417. The number of nitro benzene ring substituents is 1. The summed E-state index contributed by atoms with van der Waals surface area (Å²) >= 11 is 0. The zero-order valence-corrected chi connectivity index (χ0v) is 9.42. The van der Waals surface area contributed by atoms with Gasteiger partial charge in [-0.15, -0.1) is 0 Å². The maximum Gasteiger partial charge on any atom is 0.314 e. The lowest BCUT2D eigenvalue weighted by atomic mass is 9.92. The van der Waals surface area contributed by atoms with Gasteiger partial charge in [-0.25, -0.2) is 0 Å².